The van der Waals surface area contributed by atoms with Crippen LogP contribution in [0.2, 0.25) is 0 Å². The predicted molar refractivity (Wildman–Crippen MR) is 117 cm³/mol. The van der Waals surface area contributed by atoms with Crippen LogP contribution in [0, 0.1) is 12.3 Å². The van der Waals surface area contributed by atoms with E-state index in [9.17, 15) is 0 Å². The maximum atomic E-state index is 4.99. The van der Waals surface area contributed by atoms with Crippen LogP contribution < -0.4 is 4.90 Å². The highest BCUT2D eigenvalue weighted by molar-refractivity contribution is 5.80. The van der Waals surface area contributed by atoms with Gasteiger partial charge in [-0.05, 0) is 32.4 Å². The molecule has 3 heterocycles. The molecule has 0 N–H and O–H groups in total. The summed E-state index contributed by atoms with van der Waals surface area (Å²) in [6.07, 6.45) is 8.25. The first-order valence-corrected chi connectivity index (χ1v) is 10.0. The summed E-state index contributed by atoms with van der Waals surface area (Å²) in [5.74, 6) is 0.747. The van der Waals surface area contributed by atoms with Gasteiger partial charge in [-0.3, -0.25) is 0 Å². The van der Waals surface area contributed by atoms with E-state index >= 15 is 0 Å². The predicted octanol–water partition coefficient (Wildman–Crippen LogP) is 3.69. The Kier molecular flexibility index (Phi) is 5.28. The average Bonchev–Trinajstić information content (AvgIpc) is 3.07. The number of hydrogen-bond acceptors (Lipinski definition) is 6. The maximum Gasteiger partial charge on any atom is 0.225 e. The summed E-state index contributed by atoms with van der Waals surface area (Å²) in [5, 5.41) is 0. The number of anilines is 1. The largest absolute Gasteiger partial charge is 0.343 e. The lowest BCUT2D eigenvalue weighted by Gasteiger charge is -2.30. The summed E-state index contributed by atoms with van der Waals surface area (Å²) in [6.45, 7) is 7.62. The number of benzene rings is 1. The van der Waals surface area contributed by atoms with Gasteiger partial charge in [-0.2, -0.15) is 0 Å². The number of rotatable bonds is 5. The molecule has 1 atom stereocenters. The monoisotopic (exact) mass is 388 g/mol. The van der Waals surface area contributed by atoms with Crippen molar-refractivity contribution in [3.8, 4) is 22.4 Å². The van der Waals surface area contributed by atoms with Crippen molar-refractivity contribution in [3.63, 3.8) is 0 Å². The van der Waals surface area contributed by atoms with Crippen molar-refractivity contribution in [3.05, 3.63) is 54.7 Å². The summed E-state index contributed by atoms with van der Waals surface area (Å²) >= 11 is 0. The lowest BCUT2D eigenvalue weighted by molar-refractivity contribution is 0.314. The van der Waals surface area contributed by atoms with Crippen molar-refractivity contribution in [1.29, 1.82) is 0 Å². The number of aromatic nitrogens is 4. The van der Waals surface area contributed by atoms with Gasteiger partial charge >= 0.3 is 0 Å². The fourth-order valence-corrected chi connectivity index (χ4v) is 4.18. The zero-order valence-electron chi connectivity index (χ0n) is 17.6. The second-order valence-corrected chi connectivity index (χ2v) is 8.58. The molecule has 29 heavy (non-hydrogen) atoms. The third kappa shape index (κ3) is 4.27. The number of likely N-dealkylation sites (tertiary alicyclic amines) is 1. The van der Waals surface area contributed by atoms with Crippen LogP contribution in [0.4, 0.5) is 5.95 Å². The Balaban J connectivity index is 1.71. The van der Waals surface area contributed by atoms with E-state index in [1.54, 1.807) is 0 Å². The van der Waals surface area contributed by atoms with E-state index in [1.165, 1.54) is 18.3 Å². The molecular formula is C23H28N6. The van der Waals surface area contributed by atoms with E-state index < -0.39 is 0 Å². The first-order valence-electron chi connectivity index (χ1n) is 10.0. The van der Waals surface area contributed by atoms with Gasteiger partial charge in [0.15, 0.2) is 0 Å². The molecule has 0 radical (unpaired) electrons. The first kappa shape index (κ1) is 19.5. The molecule has 6 nitrogen and oxygen atoms in total. The van der Waals surface area contributed by atoms with Gasteiger partial charge in [-0.25, -0.2) is 19.9 Å². The van der Waals surface area contributed by atoms with Crippen molar-refractivity contribution in [1.82, 2.24) is 24.8 Å². The molecule has 1 fully saturated rings. The van der Waals surface area contributed by atoms with E-state index in [0.29, 0.717) is 0 Å². The Morgan fingerprint density at radius 1 is 1.07 bits per heavy atom. The van der Waals surface area contributed by atoms with Gasteiger partial charge < -0.3 is 9.80 Å². The third-order valence-corrected chi connectivity index (χ3v) is 5.68. The highest BCUT2D eigenvalue weighted by Gasteiger charge is 2.33. The summed E-state index contributed by atoms with van der Waals surface area (Å²) < 4.78 is 0. The molecule has 1 aliphatic heterocycles. The molecule has 0 saturated carbocycles. The SMILES string of the molecule is Cc1ccc(-c2nc(N(C)C[C@@]3(C)CCN(C)C3)ncc2-c2cncnc2)cc1. The van der Waals surface area contributed by atoms with Crippen molar-refractivity contribution in [2.45, 2.75) is 20.3 Å². The van der Waals surface area contributed by atoms with Crippen LogP contribution in [0.3, 0.4) is 0 Å². The standard InChI is InChI=1S/C23H28N6/c1-17-5-7-18(8-6-17)21-20(19-11-24-16-25-12-19)13-26-22(27-21)29(4)15-23(2)9-10-28(3)14-23/h5-8,11-13,16H,9-10,14-15H2,1-4H3/t23-/m0/s1. The lowest BCUT2D eigenvalue weighted by atomic mass is 9.89. The van der Waals surface area contributed by atoms with Crippen LogP contribution in [0.25, 0.3) is 22.4 Å². The van der Waals surface area contributed by atoms with Gasteiger partial charge in [0.2, 0.25) is 5.95 Å². The summed E-state index contributed by atoms with van der Waals surface area (Å²) in [4.78, 5) is 22.6. The average molecular weight is 389 g/mol. The number of nitrogens with zero attached hydrogens (tertiary/aromatic N) is 6. The lowest BCUT2D eigenvalue weighted by Crippen LogP contribution is -2.36. The van der Waals surface area contributed by atoms with E-state index in [0.717, 1.165) is 48.0 Å². The van der Waals surface area contributed by atoms with Crippen LogP contribution in [-0.2, 0) is 0 Å². The molecule has 1 aliphatic rings. The molecule has 3 aromatic rings. The fraction of sp³-hybridized carbons (Fsp3) is 0.391. The molecule has 1 aromatic carbocycles. The first-order chi connectivity index (χ1) is 13.9. The smallest absolute Gasteiger partial charge is 0.225 e. The van der Waals surface area contributed by atoms with Gasteiger partial charge in [-0.1, -0.05) is 36.8 Å². The molecule has 2 aromatic heterocycles. The quantitative estimate of drug-likeness (QED) is 0.664. The van der Waals surface area contributed by atoms with Gasteiger partial charge in [0.1, 0.15) is 6.33 Å². The minimum Gasteiger partial charge on any atom is -0.343 e. The Bertz CT molecular complexity index is 972. The van der Waals surface area contributed by atoms with Crippen molar-refractivity contribution < 1.29 is 0 Å². The van der Waals surface area contributed by atoms with Gasteiger partial charge in [0.05, 0.1) is 5.69 Å². The fourth-order valence-electron chi connectivity index (χ4n) is 4.18. The Hall–Kier alpha value is -2.86. The topological polar surface area (TPSA) is 58.0 Å². The van der Waals surface area contributed by atoms with E-state index in [1.807, 2.05) is 18.6 Å². The molecule has 6 heteroatoms. The molecular weight excluding hydrogens is 360 g/mol. The van der Waals surface area contributed by atoms with Crippen LogP contribution in [0.5, 0.6) is 0 Å². The third-order valence-electron chi connectivity index (χ3n) is 5.68. The zero-order valence-corrected chi connectivity index (χ0v) is 17.6. The van der Waals surface area contributed by atoms with Gasteiger partial charge in [0.25, 0.3) is 0 Å². The van der Waals surface area contributed by atoms with Crippen molar-refractivity contribution >= 4 is 5.95 Å². The van der Waals surface area contributed by atoms with Crippen LogP contribution in [0.1, 0.15) is 18.9 Å². The molecule has 150 valence electrons. The van der Waals surface area contributed by atoms with Crippen LogP contribution in [-0.4, -0.2) is 58.6 Å². The molecule has 0 bridgehead atoms. The van der Waals surface area contributed by atoms with E-state index in [2.05, 4.69) is 72.0 Å². The summed E-state index contributed by atoms with van der Waals surface area (Å²) in [7, 11) is 4.27. The molecule has 0 aliphatic carbocycles. The Labute approximate surface area is 172 Å². The zero-order chi connectivity index (χ0) is 20.4. The minimum absolute atomic E-state index is 0.253. The second kappa shape index (κ2) is 7.87. The maximum absolute atomic E-state index is 4.99. The number of aryl methyl sites for hydroxylation is 1. The molecule has 1 saturated heterocycles. The molecule has 0 unspecified atom stereocenters. The number of hydrogen-bond donors (Lipinski definition) is 0. The van der Waals surface area contributed by atoms with Gasteiger partial charge in [0, 0.05) is 55.4 Å². The van der Waals surface area contributed by atoms with Crippen molar-refractivity contribution in [2.75, 3.05) is 38.6 Å². The highest BCUT2D eigenvalue weighted by atomic mass is 15.2. The van der Waals surface area contributed by atoms with Crippen LogP contribution >= 0.6 is 0 Å². The normalized spacial score (nSPS) is 19.4. The summed E-state index contributed by atoms with van der Waals surface area (Å²) in [6, 6.07) is 8.45. The Morgan fingerprint density at radius 3 is 2.45 bits per heavy atom. The molecule has 0 spiro atoms. The van der Waals surface area contributed by atoms with Gasteiger partial charge in [-0.15, -0.1) is 0 Å². The minimum atomic E-state index is 0.253. The molecule has 4 rings (SSSR count). The second-order valence-electron chi connectivity index (χ2n) is 8.58. The van der Waals surface area contributed by atoms with Crippen LogP contribution in [0.15, 0.2) is 49.2 Å². The Morgan fingerprint density at radius 2 is 1.79 bits per heavy atom. The van der Waals surface area contributed by atoms with E-state index in [-0.39, 0.29) is 5.41 Å². The highest BCUT2D eigenvalue weighted by Crippen LogP contribution is 2.33. The summed E-state index contributed by atoms with van der Waals surface area (Å²) in [5.41, 5.74) is 5.31. The molecule has 0 amide bonds. The van der Waals surface area contributed by atoms with E-state index in [4.69, 9.17) is 9.97 Å². The van der Waals surface area contributed by atoms with Crippen molar-refractivity contribution in [2.24, 2.45) is 5.41 Å².